The molecule has 0 aliphatic carbocycles. The van der Waals surface area contributed by atoms with Gasteiger partial charge in [0.05, 0.1) is 6.61 Å². The Balaban J connectivity index is 5.21. The summed E-state index contributed by atoms with van der Waals surface area (Å²) in [4.78, 5) is 40.1. The van der Waals surface area contributed by atoms with Crippen LogP contribution in [0, 0.1) is 0 Å². The summed E-state index contributed by atoms with van der Waals surface area (Å²) in [6.07, 6.45) is 23.9. The lowest BCUT2D eigenvalue weighted by molar-refractivity contribution is -0.194. The van der Waals surface area contributed by atoms with Crippen molar-refractivity contribution < 1.29 is 29.7 Å². The van der Waals surface area contributed by atoms with Gasteiger partial charge in [-0.2, -0.15) is 0 Å². The quantitative estimate of drug-likeness (QED) is 0.0529. The number of hydrogen-bond donors (Lipinski definition) is 3. The molecule has 0 aliphatic heterocycles. The number of unbranched alkanes of at least 4 members (excludes halogenated alkanes) is 21. The van der Waals surface area contributed by atoms with Crippen molar-refractivity contribution >= 4 is 17.3 Å². The van der Waals surface area contributed by atoms with Crippen LogP contribution in [-0.2, 0) is 14.4 Å². The number of aliphatic hydroxyl groups excluding tert-OH is 1. The lowest BCUT2D eigenvalue weighted by Crippen LogP contribution is -2.69. The molecule has 1 atom stereocenters. The maximum absolute atomic E-state index is 13.4. The van der Waals surface area contributed by atoms with Gasteiger partial charge in [-0.05, 0) is 19.3 Å². The predicted molar refractivity (Wildman–Crippen MR) is 174 cm³/mol. The van der Waals surface area contributed by atoms with E-state index in [4.69, 9.17) is 0 Å². The Morgan fingerprint density at radius 3 is 0.905 bits per heavy atom. The third-order valence-corrected chi connectivity index (χ3v) is 8.87. The lowest BCUT2D eigenvalue weighted by atomic mass is 9.71. The summed E-state index contributed by atoms with van der Waals surface area (Å²) in [6.45, 7) is 5.38. The average Bonchev–Trinajstić information content (AvgIpc) is 2.99. The molecule has 42 heavy (non-hydrogen) atoms. The van der Waals surface area contributed by atoms with Crippen molar-refractivity contribution in [1.82, 2.24) is 0 Å². The molecule has 0 radical (unpaired) electrons. The SMILES string of the molecule is CCCCCCCCCCC(=O)C(O)(C(=O)CCCCCCCCCC)[C@@](O)(CO)C(=O)CCCCCCCCCC. The number of ketones is 3. The third-order valence-electron chi connectivity index (χ3n) is 8.87. The summed E-state index contributed by atoms with van der Waals surface area (Å²) in [5, 5.41) is 33.2. The first-order valence-corrected chi connectivity index (χ1v) is 17.9. The van der Waals surface area contributed by atoms with Gasteiger partial charge >= 0.3 is 0 Å². The largest absolute Gasteiger partial charge is 0.393 e. The van der Waals surface area contributed by atoms with Crippen LogP contribution in [0.1, 0.15) is 194 Å². The second-order valence-electron chi connectivity index (χ2n) is 12.7. The minimum Gasteiger partial charge on any atom is -0.393 e. The number of aliphatic hydroxyl groups is 3. The van der Waals surface area contributed by atoms with Crippen LogP contribution in [0.15, 0.2) is 0 Å². The molecular formula is C36H68O6. The molecule has 3 N–H and O–H groups in total. The van der Waals surface area contributed by atoms with Crippen LogP contribution >= 0.6 is 0 Å². The summed E-state index contributed by atoms with van der Waals surface area (Å²) < 4.78 is 0. The number of Topliss-reactive ketones (excluding diaryl/α,β-unsaturated/α-hetero) is 3. The van der Waals surface area contributed by atoms with Gasteiger partial charge in [0, 0.05) is 19.3 Å². The first-order valence-electron chi connectivity index (χ1n) is 17.9. The predicted octanol–water partition coefficient (Wildman–Crippen LogP) is 8.74. The highest BCUT2D eigenvalue weighted by molar-refractivity contribution is 6.16. The summed E-state index contributed by atoms with van der Waals surface area (Å²) in [7, 11) is 0. The zero-order valence-electron chi connectivity index (χ0n) is 27.9. The molecule has 0 aromatic heterocycles. The van der Waals surface area contributed by atoms with E-state index in [-0.39, 0.29) is 19.3 Å². The maximum atomic E-state index is 13.4. The van der Waals surface area contributed by atoms with Gasteiger partial charge in [-0.25, -0.2) is 0 Å². The fraction of sp³-hybridized carbons (Fsp3) is 0.917. The van der Waals surface area contributed by atoms with E-state index in [2.05, 4.69) is 20.8 Å². The highest BCUT2D eigenvalue weighted by Crippen LogP contribution is 2.32. The number of hydrogen-bond acceptors (Lipinski definition) is 6. The Labute approximate surface area is 258 Å². The van der Waals surface area contributed by atoms with Gasteiger partial charge in [-0.1, -0.05) is 156 Å². The second-order valence-corrected chi connectivity index (χ2v) is 12.7. The molecule has 6 heteroatoms. The molecule has 0 aromatic carbocycles. The highest BCUT2D eigenvalue weighted by atomic mass is 16.4. The molecule has 0 bridgehead atoms. The average molecular weight is 597 g/mol. The Hall–Kier alpha value is -1.11. The van der Waals surface area contributed by atoms with Gasteiger partial charge in [0.15, 0.2) is 23.0 Å². The number of carbonyl (C=O) groups is 3. The van der Waals surface area contributed by atoms with Crippen molar-refractivity contribution in [2.24, 2.45) is 0 Å². The molecule has 0 heterocycles. The van der Waals surface area contributed by atoms with Crippen molar-refractivity contribution in [2.75, 3.05) is 6.61 Å². The summed E-state index contributed by atoms with van der Waals surface area (Å²) in [5.41, 5.74) is -5.70. The fourth-order valence-electron chi connectivity index (χ4n) is 5.85. The molecule has 0 fully saturated rings. The summed E-state index contributed by atoms with van der Waals surface area (Å²) in [5.74, 6) is -2.48. The highest BCUT2D eigenvalue weighted by Gasteiger charge is 2.62. The van der Waals surface area contributed by atoms with Crippen LogP contribution in [0.25, 0.3) is 0 Å². The van der Waals surface area contributed by atoms with Crippen LogP contribution in [0.5, 0.6) is 0 Å². The molecule has 0 aliphatic rings. The van der Waals surface area contributed by atoms with Crippen molar-refractivity contribution in [1.29, 1.82) is 0 Å². The molecule has 248 valence electrons. The fourth-order valence-corrected chi connectivity index (χ4v) is 5.85. The Morgan fingerprint density at radius 2 is 0.643 bits per heavy atom. The molecule has 0 unspecified atom stereocenters. The van der Waals surface area contributed by atoms with E-state index in [9.17, 15) is 29.7 Å². The molecular weight excluding hydrogens is 528 g/mol. The maximum Gasteiger partial charge on any atom is 0.219 e. The molecule has 0 saturated heterocycles. The van der Waals surface area contributed by atoms with E-state index in [0.717, 1.165) is 77.0 Å². The monoisotopic (exact) mass is 597 g/mol. The molecule has 0 spiro atoms. The van der Waals surface area contributed by atoms with E-state index in [1.807, 2.05) is 0 Å². The third kappa shape index (κ3) is 16.1. The zero-order chi connectivity index (χ0) is 31.5. The van der Waals surface area contributed by atoms with Crippen molar-refractivity contribution in [3.05, 3.63) is 0 Å². The topological polar surface area (TPSA) is 112 Å². The van der Waals surface area contributed by atoms with Crippen LogP contribution in [0.4, 0.5) is 0 Å². The Kier molecular flexibility index (Phi) is 25.6. The minimum atomic E-state index is -2.90. The van der Waals surface area contributed by atoms with E-state index in [0.29, 0.717) is 19.3 Å². The van der Waals surface area contributed by atoms with Gasteiger partial charge in [-0.15, -0.1) is 0 Å². The smallest absolute Gasteiger partial charge is 0.219 e. The van der Waals surface area contributed by atoms with Gasteiger partial charge < -0.3 is 15.3 Å². The molecule has 0 amide bonds. The van der Waals surface area contributed by atoms with Gasteiger partial charge in [0.25, 0.3) is 0 Å². The van der Waals surface area contributed by atoms with Gasteiger partial charge in [-0.3, -0.25) is 14.4 Å². The van der Waals surface area contributed by atoms with Crippen LogP contribution < -0.4 is 0 Å². The molecule has 6 nitrogen and oxygen atoms in total. The zero-order valence-corrected chi connectivity index (χ0v) is 27.9. The van der Waals surface area contributed by atoms with Crippen LogP contribution in [-0.4, -0.2) is 50.5 Å². The number of rotatable bonds is 32. The van der Waals surface area contributed by atoms with Crippen molar-refractivity contribution in [2.45, 2.75) is 205 Å². The van der Waals surface area contributed by atoms with Crippen molar-refractivity contribution in [3.63, 3.8) is 0 Å². The summed E-state index contributed by atoms with van der Waals surface area (Å²) >= 11 is 0. The number of carbonyl (C=O) groups excluding carboxylic acids is 3. The lowest BCUT2D eigenvalue weighted by Gasteiger charge is -2.39. The van der Waals surface area contributed by atoms with Crippen molar-refractivity contribution in [3.8, 4) is 0 Å². The second kappa shape index (κ2) is 26.3. The van der Waals surface area contributed by atoms with E-state index in [1.165, 1.54) is 57.8 Å². The van der Waals surface area contributed by atoms with Gasteiger partial charge in [0.1, 0.15) is 0 Å². The van der Waals surface area contributed by atoms with Crippen LogP contribution in [0.2, 0.25) is 0 Å². The summed E-state index contributed by atoms with van der Waals surface area (Å²) in [6, 6.07) is 0. The minimum absolute atomic E-state index is 0.0790. The molecule has 0 aromatic rings. The Morgan fingerprint density at radius 1 is 0.405 bits per heavy atom. The van der Waals surface area contributed by atoms with Gasteiger partial charge in [0.2, 0.25) is 5.60 Å². The molecule has 0 saturated carbocycles. The van der Waals surface area contributed by atoms with E-state index in [1.54, 1.807) is 0 Å². The normalized spacial score (nSPS) is 13.3. The van der Waals surface area contributed by atoms with E-state index < -0.39 is 35.2 Å². The molecule has 0 rings (SSSR count). The van der Waals surface area contributed by atoms with Crippen LogP contribution in [0.3, 0.4) is 0 Å². The first-order chi connectivity index (χ1) is 20.3. The standard InChI is InChI=1S/C36H68O6/c1-4-7-10-13-16-19-22-25-28-32(38)35(41,31-37)36(42,33(39)29-26-23-20-17-14-11-8-5-2)34(40)30-27-24-21-18-15-12-9-6-3/h37,41-42H,4-31H2,1-3H3/t35-/m1/s1. The first kappa shape index (κ1) is 40.9. The van der Waals surface area contributed by atoms with E-state index >= 15 is 0 Å². The Bertz CT molecular complexity index is 658.